The first-order valence-electron chi connectivity index (χ1n) is 23.4. The second-order valence-corrected chi connectivity index (χ2v) is 22.2. The predicted molar refractivity (Wildman–Crippen MR) is 262 cm³/mol. The first-order valence-corrected chi connectivity index (χ1v) is 24.7. The van der Waals surface area contributed by atoms with Crippen molar-refractivity contribution in [1.82, 2.24) is 15.2 Å². The molecular weight excluding hydrogens is 868 g/mol. The third kappa shape index (κ3) is 11.6. The molecule has 0 radical (unpaired) electrons. The lowest BCUT2D eigenvalue weighted by atomic mass is 9.44. The van der Waals surface area contributed by atoms with Crippen LogP contribution in [0.25, 0.3) is 10.4 Å². The number of aliphatic hydroxyl groups is 1. The number of halogens is 1. The summed E-state index contributed by atoms with van der Waals surface area (Å²) in [5, 5.41) is 23.3. The zero-order valence-corrected chi connectivity index (χ0v) is 41.7. The number of hydrogen-bond donors (Lipinski definition) is 2. The van der Waals surface area contributed by atoms with E-state index in [9.17, 15) is 29.5 Å². The van der Waals surface area contributed by atoms with E-state index >= 15 is 0 Å². The smallest absolute Gasteiger partial charge is 0.246 e. The Morgan fingerprint density at radius 1 is 0.985 bits per heavy atom. The molecule has 3 aromatic carbocycles. The number of carbonyl (C=O) groups is 4. The van der Waals surface area contributed by atoms with Crippen LogP contribution in [0.3, 0.4) is 0 Å². The van der Waals surface area contributed by atoms with Gasteiger partial charge in [0.2, 0.25) is 11.8 Å². The zero-order chi connectivity index (χ0) is 48.1. The molecule has 1 unspecified atom stereocenters. The third-order valence-electron chi connectivity index (χ3n) is 14.1. The highest BCUT2D eigenvalue weighted by molar-refractivity contribution is 7.13. The molecule has 1 saturated carbocycles. The van der Waals surface area contributed by atoms with E-state index in [0.29, 0.717) is 34.7 Å². The lowest BCUT2D eigenvalue weighted by molar-refractivity contribution is -0.196. The van der Waals surface area contributed by atoms with Crippen molar-refractivity contribution in [2.45, 2.75) is 150 Å². The number of ketones is 2. The lowest BCUT2D eigenvalue weighted by Crippen LogP contribution is -2.66. The van der Waals surface area contributed by atoms with Gasteiger partial charge in [0, 0.05) is 54.7 Å². The highest BCUT2D eigenvalue weighted by Gasteiger charge is 2.63. The quantitative estimate of drug-likeness (QED) is 0.0697. The van der Waals surface area contributed by atoms with E-state index in [2.05, 4.69) is 56.2 Å². The maximum absolute atomic E-state index is 14.1. The molecule has 66 heavy (non-hydrogen) atoms. The summed E-state index contributed by atoms with van der Waals surface area (Å²) in [5.74, 6) is 0.114. The fraction of sp³-hybridized carbons (Fsp3) is 0.519. The minimum Gasteiger partial charge on any atom is -0.489 e. The Morgan fingerprint density at radius 2 is 1.65 bits per heavy atom. The van der Waals surface area contributed by atoms with Crippen LogP contribution >= 0.6 is 22.9 Å². The number of nitrogens with zero attached hydrogens (tertiary/aromatic N) is 3. The normalized spacial score (nSPS) is 20.7. The number of unbranched alkanes of at least 4 members (excludes halogenated alkanes) is 3. The molecule has 1 aliphatic heterocycles. The third-order valence-corrected chi connectivity index (χ3v) is 15.4. The van der Waals surface area contributed by atoms with Crippen LogP contribution < -0.4 is 10.1 Å². The fourth-order valence-electron chi connectivity index (χ4n) is 10.4. The van der Waals surface area contributed by atoms with E-state index in [1.54, 1.807) is 29.5 Å². The SMILES string of the molecule is Cc1ncsc1-c1ccc([C@H](C)CC(=O)C2C[C@@H](O)CN2C(=O)[C@@H](NC(=O)CCCCCCc2ccc(C(=O)CC3C(C)(C)C(Oc4ccc(C#N)c(Cl)c4)C3(C)C)cc2)C(C)(C)C)cc1. The average molecular weight is 936 g/mol. The van der Waals surface area contributed by atoms with Crippen LogP contribution in [0.2, 0.25) is 5.02 Å². The molecule has 1 aliphatic carbocycles. The summed E-state index contributed by atoms with van der Waals surface area (Å²) < 4.78 is 6.41. The summed E-state index contributed by atoms with van der Waals surface area (Å²) in [7, 11) is 0. The maximum Gasteiger partial charge on any atom is 0.246 e. The number of hydrogen-bond acceptors (Lipinski definition) is 9. The summed E-state index contributed by atoms with van der Waals surface area (Å²) in [5.41, 5.74) is 6.05. The van der Waals surface area contributed by atoms with E-state index in [4.69, 9.17) is 16.3 Å². The largest absolute Gasteiger partial charge is 0.489 e. The van der Waals surface area contributed by atoms with Gasteiger partial charge in [0.25, 0.3) is 0 Å². The molecule has 12 heteroatoms. The Kier molecular flexibility index (Phi) is 16.0. The van der Waals surface area contributed by atoms with Crippen LogP contribution in [0.4, 0.5) is 0 Å². The molecule has 2 amide bonds. The van der Waals surface area contributed by atoms with Crippen LogP contribution in [-0.4, -0.2) is 69.2 Å². The van der Waals surface area contributed by atoms with Gasteiger partial charge in [0.05, 0.1) is 38.8 Å². The van der Waals surface area contributed by atoms with Gasteiger partial charge in [-0.3, -0.25) is 19.2 Å². The molecule has 1 aromatic heterocycles. The molecular formula is C54H67ClN4O6S. The number of aromatic nitrogens is 1. The van der Waals surface area contributed by atoms with Crippen molar-refractivity contribution in [2.75, 3.05) is 6.54 Å². The van der Waals surface area contributed by atoms with Crippen LogP contribution in [0.1, 0.15) is 145 Å². The monoisotopic (exact) mass is 934 g/mol. The van der Waals surface area contributed by atoms with Crippen LogP contribution in [0, 0.1) is 40.4 Å². The second-order valence-electron chi connectivity index (χ2n) is 20.9. The molecule has 4 aromatic rings. The number of amides is 2. The number of β-amino-alcohol motifs (C(OH)–C–C–N with tert-alkyl or cyclic N) is 1. The first kappa shape index (κ1) is 50.5. The van der Waals surface area contributed by atoms with Gasteiger partial charge in [0.15, 0.2) is 11.6 Å². The van der Waals surface area contributed by atoms with E-state index in [0.717, 1.165) is 52.9 Å². The van der Waals surface area contributed by atoms with Gasteiger partial charge in [-0.2, -0.15) is 5.26 Å². The Balaban J connectivity index is 0.925. The van der Waals surface area contributed by atoms with E-state index in [-0.39, 0.29) is 78.0 Å². The number of rotatable bonds is 19. The Bertz CT molecular complexity index is 2400. The minimum absolute atomic E-state index is 0.0565. The van der Waals surface area contributed by atoms with Gasteiger partial charge in [-0.25, -0.2) is 4.98 Å². The first-order chi connectivity index (χ1) is 31.1. The van der Waals surface area contributed by atoms with Gasteiger partial charge in [-0.15, -0.1) is 11.3 Å². The molecule has 6 rings (SSSR count). The predicted octanol–water partition coefficient (Wildman–Crippen LogP) is 11.1. The Morgan fingerprint density at radius 3 is 2.26 bits per heavy atom. The van der Waals surface area contributed by atoms with Crippen LogP contribution in [0.15, 0.2) is 72.2 Å². The summed E-state index contributed by atoms with van der Waals surface area (Å²) in [6.07, 6.45) is 4.44. The molecule has 4 atom stereocenters. The van der Waals surface area contributed by atoms with Gasteiger partial charge in [0.1, 0.15) is 24.0 Å². The molecule has 2 aliphatic rings. The van der Waals surface area contributed by atoms with Crippen molar-refractivity contribution in [3.63, 3.8) is 0 Å². The number of benzene rings is 3. The summed E-state index contributed by atoms with van der Waals surface area (Å²) in [6, 6.07) is 21.7. The Hall–Kier alpha value is -4.89. The minimum atomic E-state index is -0.849. The molecule has 2 fully saturated rings. The number of nitriles is 1. The molecule has 2 heterocycles. The van der Waals surface area contributed by atoms with E-state index in [1.807, 2.05) is 76.5 Å². The van der Waals surface area contributed by atoms with Gasteiger partial charge >= 0.3 is 0 Å². The standard InChI is InChI=1S/C54H67ClN4O6S/c1-33(36-20-22-38(23-21-36)48-34(2)57-32-66-48)26-45(62)43-27-40(60)31-59(43)50(64)49(52(3,4)5)58-47(63)15-13-11-10-12-14-35-16-18-37(19-17-35)44(61)29-46-53(6,7)51(54(46,8)9)65-41-25-24-39(30-56)42(55)28-41/h16-25,28,32-33,40,43,46,49,51,60H,10-15,26-27,29,31H2,1-9H3,(H,58,63)/t33-,40-,43?,46?,49-,51?/m1/s1. The number of nitrogens with one attached hydrogen (secondary N) is 1. The number of thiazole rings is 1. The molecule has 1 saturated heterocycles. The van der Waals surface area contributed by atoms with Gasteiger partial charge < -0.3 is 20.1 Å². The number of aryl methyl sites for hydroxylation is 2. The summed E-state index contributed by atoms with van der Waals surface area (Å²) in [4.78, 5) is 61.7. The summed E-state index contributed by atoms with van der Waals surface area (Å²) in [6.45, 7) is 18.3. The highest BCUT2D eigenvalue weighted by Crippen LogP contribution is 2.62. The zero-order valence-electron chi connectivity index (χ0n) is 40.1. The topological polar surface area (TPSA) is 150 Å². The Labute approximate surface area is 400 Å². The number of aliphatic hydroxyl groups excluding tert-OH is 1. The van der Waals surface area contributed by atoms with E-state index in [1.165, 1.54) is 4.90 Å². The number of likely N-dealkylation sites (tertiary alicyclic amines) is 1. The highest BCUT2D eigenvalue weighted by atomic mass is 35.5. The number of Topliss-reactive ketones (excluding diaryl/α,β-unsaturated/α-hetero) is 2. The summed E-state index contributed by atoms with van der Waals surface area (Å²) >= 11 is 7.86. The molecule has 10 nitrogen and oxygen atoms in total. The number of carbonyl (C=O) groups excluding carboxylic acids is 4. The fourth-order valence-corrected chi connectivity index (χ4v) is 11.5. The second kappa shape index (κ2) is 21.0. The molecule has 352 valence electrons. The molecule has 0 bridgehead atoms. The number of ether oxygens (including phenoxy) is 1. The molecule has 2 N–H and O–H groups in total. The van der Waals surface area contributed by atoms with Crippen molar-refractivity contribution in [2.24, 2.45) is 22.2 Å². The van der Waals surface area contributed by atoms with Gasteiger partial charge in [-0.05, 0) is 72.3 Å². The van der Waals surface area contributed by atoms with Crippen molar-refractivity contribution in [3.05, 3.63) is 105 Å². The van der Waals surface area contributed by atoms with Crippen molar-refractivity contribution in [3.8, 4) is 22.3 Å². The average Bonchev–Trinajstić information content (AvgIpc) is 3.89. The molecule has 0 spiro atoms. The van der Waals surface area contributed by atoms with Crippen LogP contribution in [0.5, 0.6) is 5.75 Å². The maximum atomic E-state index is 14.1. The van der Waals surface area contributed by atoms with Crippen molar-refractivity contribution >= 4 is 46.3 Å². The van der Waals surface area contributed by atoms with Crippen molar-refractivity contribution in [1.29, 1.82) is 5.26 Å². The van der Waals surface area contributed by atoms with Gasteiger partial charge in [-0.1, -0.05) is 128 Å². The van der Waals surface area contributed by atoms with Crippen molar-refractivity contribution < 1.29 is 29.0 Å². The van der Waals surface area contributed by atoms with Crippen LogP contribution in [-0.2, 0) is 20.8 Å². The van der Waals surface area contributed by atoms with E-state index < -0.39 is 23.6 Å². The lowest BCUT2D eigenvalue weighted by Gasteiger charge is -2.63.